The number of thiazole rings is 1. The van der Waals surface area contributed by atoms with E-state index in [1.165, 1.54) is 28.5 Å². The van der Waals surface area contributed by atoms with Gasteiger partial charge < -0.3 is 25.8 Å². The van der Waals surface area contributed by atoms with Crippen LogP contribution in [0.2, 0.25) is 5.02 Å². The van der Waals surface area contributed by atoms with Gasteiger partial charge in [0.05, 0.1) is 16.8 Å². The predicted molar refractivity (Wildman–Crippen MR) is 146 cm³/mol. The quantitative estimate of drug-likeness (QED) is 0.456. The lowest BCUT2D eigenvalue weighted by Crippen LogP contribution is -2.57. The molecule has 1 aliphatic heterocycles. The predicted octanol–water partition coefficient (Wildman–Crippen LogP) is 1.71. The Morgan fingerprint density at radius 2 is 1.87 bits per heavy atom. The molecule has 2 aliphatic rings. The number of likely N-dealkylation sites (N-methyl/N-ethyl adjacent to an activating group) is 1. The van der Waals surface area contributed by atoms with Crippen LogP contribution in [0.15, 0.2) is 18.3 Å². The van der Waals surface area contributed by atoms with Crippen LogP contribution in [0.25, 0.3) is 0 Å². The maximum Gasteiger partial charge on any atom is 0.314 e. The molecule has 3 heterocycles. The van der Waals surface area contributed by atoms with Gasteiger partial charge in [0.15, 0.2) is 5.01 Å². The van der Waals surface area contributed by atoms with E-state index in [2.05, 4.69) is 30.8 Å². The lowest BCUT2D eigenvalue weighted by molar-refractivity contribution is -0.137. The van der Waals surface area contributed by atoms with E-state index in [4.69, 9.17) is 11.6 Å². The largest absolute Gasteiger partial charge is 0.349 e. The number of rotatable bonds is 5. The summed E-state index contributed by atoms with van der Waals surface area (Å²) in [6, 6.07) is 1.95. The standard InChI is InChI=1S/C24H30ClN7O4S.ClH/c1-31(2)24(36)13-4-6-15(27-20(33)21(34)30-19-7-5-14(25)11-26-19)17(10-13)28-22(35)23-29-16-8-9-32(3)12-18(16)37-23;/h5,7,11,13,15,17H,4,6,8-10,12H2,1-3H3,(H,27,33)(H,28,35)(H,26,30,34);1H/t13-,15-,17?;/m0./s1. The third-order valence-corrected chi connectivity index (χ3v) is 7.87. The zero-order valence-corrected chi connectivity index (χ0v) is 23.7. The highest BCUT2D eigenvalue weighted by Crippen LogP contribution is 2.28. The molecule has 0 radical (unpaired) electrons. The Hall–Kier alpha value is -2.80. The van der Waals surface area contributed by atoms with Crippen LogP contribution in [0.5, 0.6) is 0 Å². The molecule has 14 heteroatoms. The number of hydrogen-bond donors (Lipinski definition) is 3. The van der Waals surface area contributed by atoms with Crippen molar-refractivity contribution in [3.63, 3.8) is 0 Å². The monoisotopic (exact) mass is 583 g/mol. The number of aromatic nitrogens is 2. The Bertz CT molecular complexity index is 1190. The summed E-state index contributed by atoms with van der Waals surface area (Å²) in [6.45, 7) is 1.63. The third kappa shape index (κ3) is 7.19. The molecule has 206 valence electrons. The Morgan fingerprint density at radius 1 is 1.11 bits per heavy atom. The van der Waals surface area contributed by atoms with Gasteiger partial charge in [-0.1, -0.05) is 11.6 Å². The highest BCUT2D eigenvalue weighted by atomic mass is 35.5. The van der Waals surface area contributed by atoms with Crippen LogP contribution in [-0.4, -0.2) is 83.2 Å². The SMILES string of the molecule is CN1CCc2nc(C(=O)NC3C[C@@H](C(=O)N(C)C)CC[C@@H]3NC(=O)C(=O)Nc3ccc(Cl)cn3)sc2C1.Cl. The molecule has 1 fully saturated rings. The first kappa shape index (κ1) is 29.8. The molecule has 1 saturated carbocycles. The number of nitrogens with zero attached hydrogens (tertiary/aromatic N) is 4. The molecule has 0 bridgehead atoms. The number of amides is 4. The van der Waals surface area contributed by atoms with E-state index in [1.54, 1.807) is 20.2 Å². The van der Waals surface area contributed by atoms with Crippen molar-refractivity contribution in [3.8, 4) is 0 Å². The zero-order valence-electron chi connectivity index (χ0n) is 21.3. The second-order valence-electron chi connectivity index (χ2n) is 9.60. The van der Waals surface area contributed by atoms with Gasteiger partial charge in [-0.15, -0.1) is 23.7 Å². The number of fused-ring (bicyclic) bond motifs is 1. The third-order valence-electron chi connectivity index (χ3n) is 6.56. The van der Waals surface area contributed by atoms with Crippen LogP contribution < -0.4 is 16.0 Å². The number of pyridine rings is 1. The summed E-state index contributed by atoms with van der Waals surface area (Å²) in [5.74, 6) is -2.25. The van der Waals surface area contributed by atoms with Gasteiger partial charge >= 0.3 is 11.8 Å². The molecule has 0 saturated heterocycles. The van der Waals surface area contributed by atoms with Crippen molar-refractivity contribution in [1.82, 2.24) is 30.4 Å². The fourth-order valence-electron chi connectivity index (χ4n) is 4.60. The average molecular weight is 585 g/mol. The highest BCUT2D eigenvalue weighted by molar-refractivity contribution is 7.13. The molecular formula is C24H31Cl2N7O4S. The first-order valence-corrected chi connectivity index (χ1v) is 13.2. The van der Waals surface area contributed by atoms with E-state index in [0.29, 0.717) is 29.3 Å². The lowest BCUT2D eigenvalue weighted by Gasteiger charge is -2.37. The minimum atomic E-state index is -0.886. The molecule has 4 amide bonds. The summed E-state index contributed by atoms with van der Waals surface area (Å²) in [6.07, 6.45) is 3.42. The van der Waals surface area contributed by atoms with E-state index in [-0.39, 0.29) is 36.0 Å². The number of carbonyl (C=O) groups excluding carboxylic acids is 4. The summed E-state index contributed by atoms with van der Waals surface area (Å²) in [5, 5.41) is 8.91. The van der Waals surface area contributed by atoms with Crippen molar-refractivity contribution in [2.45, 2.75) is 44.3 Å². The molecule has 3 N–H and O–H groups in total. The number of anilines is 1. The molecule has 0 aromatic carbocycles. The maximum atomic E-state index is 13.2. The van der Waals surface area contributed by atoms with Crippen molar-refractivity contribution < 1.29 is 19.2 Å². The van der Waals surface area contributed by atoms with E-state index >= 15 is 0 Å². The van der Waals surface area contributed by atoms with E-state index < -0.39 is 23.9 Å². The molecule has 2 aromatic rings. The smallest absolute Gasteiger partial charge is 0.314 e. The summed E-state index contributed by atoms with van der Waals surface area (Å²) < 4.78 is 0. The maximum absolute atomic E-state index is 13.2. The first-order valence-electron chi connectivity index (χ1n) is 12.0. The minimum Gasteiger partial charge on any atom is -0.349 e. The Kier molecular flexibility index (Phi) is 10.0. The Balaban J connectivity index is 0.00000400. The van der Waals surface area contributed by atoms with E-state index in [9.17, 15) is 19.2 Å². The zero-order chi connectivity index (χ0) is 26.7. The summed E-state index contributed by atoms with van der Waals surface area (Å²) in [5.41, 5.74) is 0.940. The Labute approximate surface area is 236 Å². The van der Waals surface area contributed by atoms with Crippen LogP contribution in [0.4, 0.5) is 5.82 Å². The van der Waals surface area contributed by atoms with Gasteiger partial charge in [-0.05, 0) is 38.4 Å². The number of carbonyl (C=O) groups is 4. The summed E-state index contributed by atoms with van der Waals surface area (Å²) >= 11 is 7.17. The molecule has 4 rings (SSSR count). The van der Waals surface area contributed by atoms with Crippen LogP contribution >= 0.6 is 35.3 Å². The summed E-state index contributed by atoms with van der Waals surface area (Å²) in [4.78, 5) is 64.3. The van der Waals surface area contributed by atoms with Gasteiger partial charge in [0.2, 0.25) is 5.91 Å². The Morgan fingerprint density at radius 3 is 2.55 bits per heavy atom. The lowest BCUT2D eigenvalue weighted by atomic mass is 9.81. The van der Waals surface area contributed by atoms with Crippen LogP contribution in [-0.2, 0) is 27.3 Å². The second kappa shape index (κ2) is 12.8. The molecule has 38 heavy (non-hydrogen) atoms. The second-order valence-corrected chi connectivity index (χ2v) is 11.1. The van der Waals surface area contributed by atoms with Gasteiger partial charge in [-0.3, -0.25) is 19.2 Å². The topological polar surface area (TPSA) is 137 Å². The molecule has 11 nitrogen and oxygen atoms in total. The van der Waals surface area contributed by atoms with Crippen LogP contribution in [0, 0.1) is 5.92 Å². The van der Waals surface area contributed by atoms with E-state index in [1.807, 2.05) is 7.05 Å². The van der Waals surface area contributed by atoms with Gasteiger partial charge in [-0.25, -0.2) is 9.97 Å². The molecule has 0 spiro atoms. The number of nitrogens with one attached hydrogen (secondary N) is 3. The average Bonchev–Trinajstić information content (AvgIpc) is 3.29. The summed E-state index contributed by atoms with van der Waals surface area (Å²) in [7, 11) is 5.41. The fraction of sp³-hybridized carbons (Fsp3) is 0.500. The molecule has 3 atom stereocenters. The number of halogens is 2. The van der Waals surface area contributed by atoms with Crippen molar-refractivity contribution in [3.05, 3.63) is 38.9 Å². The van der Waals surface area contributed by atoms with Crippen molar-refractivity contribution in [1.29, 1.82) is 0 Å². The van der Waals surface area contributed by atoms with Gasteiger partial charge in [-0.2, -0.15) is 0 Å². The van der Waals surface area contributed by atoms with Crippen molar-refractivity contribution in [2.75, 3.05) is 33.0 Å². The molecular weight excluding hydrogens is 553 g/mol. The fourth-order valence-corrected chi connectivity index (χ4v) is 5.80. The van der Waals surface area contributed by atoms with Crippen LogP contribution in [0.1, 0.15) is 39.6 Å². The minimum absolute atomic E-state index is 0. The molecule has 1 unspecified atom stereocenters. The molecule has 2 aromatic heterocycles. The first-order chi connectivity index (χ1) is 17.6. The normalized spacial score (nSPS) is 20.9. The van der Waals surface area contributed by atoms with Gasteiger partial charge in [0.25, 0.3) is 5.91 Å². The highest BCUT2D eigenvalue weighted by Gasteiger charge is 2.37. The van der Waals surface area contributed by atoms with Crippen molar-refractivity contribution in [2.24, 2.45) is 5.92 Å². The number of hydrogen-bond acceptors (Lipinski definition) is 8. The molecule has 1 aliphatic carbocycles. The van der Waals surface area contributed by atoms with Gasteiger partial charge in [0, 0.05) is 56.6 Å². The van der Waals surface area contributed by atoms with Crippen LogP contribution in [0.3, 0.4) is 0 Å². The van der Waals surface area contributed by atoms with Gasteiger partial charge in [0.1, 0.15) is 5.82 Å². The van der Waals surface area contributed by atoms with E-state index in [0.717, 1.165) is 30.1 Å². The van der Waals surface area contributed by atoms with Crippen molar-refractivity contribution >= 4 is 64.8 Å².